The minimum atomic E-state index is -0.180. The van der Waals surface area contributed by atoms with E-state index in [9.17, 15) is 9.90 Å². The van der Waals surface area contributed by atoms with Crippen LogP contribution in [-0.2, 0) is 20.8 Å². The van der Waals surface area contributed by atoms with Gasteiger partial charge in [-0.2, -0.15) is 4.58 Å². The molecule has 34 heavy (non-hydrogen) atoms. The summed E-state index contributed by atoms with van der Waals surface area (Å²) < 4.78 is 14.8. The number of benzene rings is 2. The molecule has 174 valence electrons. The number of allylic oxidation sites excluding steroid dienone is 3. The first-order chi connectivity index (χ1) is 16.5. The van der Waals surface area contributed by atoms with E-state index in [1.807, 2.05) is 62.4 Å². The average Bonchev–Trinajstić information content (AvgIpc) is 3.27. The highest BCUT2D eigenvalue weighted by Crippen LogP contribution is 2.46. The van der Waals surface area contributed by atoms with Crippen LogP contribution < -0.4 is 5.11 Å². The Bertz CT molecular complexity index is 1420. The number of ketones is 1. The maximum atomic E-state index is 13.6. The quantitative estimate of drug-likeness (QED) is 0.403. The molecule has 0 N–H and O–H groups in total. The van der Waals surface area contributed by atoms with E-state index >= 15 is 0 Å². The van der Waals surface area contributed by atoms with E-state index in [4.69, 9.17) is 9.47 Å². The molecule has 2 aliphatic rings. The molecule has 6 heteroatoms. The molecule has 1 aliphatic carbocycles. The fraction of sp³-hybridized carbons (Fsp3) is 0.286. The van der Waals surface area contributed by atoms with E-state index in [1.165, 1.54) is 0 Å². The van der Waals surface area contributed by atoms with Crippen molar-refractivity contribution in [3.63, 3.8) is 0 Å². The Hall–Kier alpha value is -3.48. The Morgan fingerprint density at radius 3 is 2.35 bits per heavy atom. The molecular formula is C28H28N2O4. The van der Waals surface area contributed by atoms with Crippen molar-refractivity contribution in [2.45, 2.75) is 20.4 Å². The van der Waals surface area contributed by atoms with E-state index in [1.54, 1.807) is 14.2 Å². The Morgan fingerprint density at radius 2 is 1.62 bits per heavy atom. The average molecular weight is 457 g/mol. The molecule has 2 aromatic carbocycles. The molecule has 0 radical (unpaired) electrons. The van der Waals surface area contributed by atoms with Crippen molar-refractivity contribution >= 4 is 39.2 Å². The summed E-state index contributed by atoms with van der Waals surface area (Å²) in [5, 5.41) is 14.6. The zero-order valence-electron chi connectivity index (χ0n) is 20.0. The van der Waals surface area contributed by atoms with Crippen LogP contribution in [0.5, 0.6) is 0 Å². The third kappa shape index (κ3) is 3.17. The van der Waals surface area contributed by atoms with Crippen LogP contribution in [0.4, 0.5) is 5.69 Å². The molecule has 6 nitrogen and oxygen atoms in total. The molecule has 0 saturated heterocycles. The van der Waals surface area contributed by atoms with E-state index in [2.05, 4.69) is 9.14 Å². The van der Waals surface area contributed by atoms with Crippen molar-refractivity contribution < 1.29 is 24.0 Å². The highest BCUT2D eigenvalue weighted by Gasteiger charge is 2.41. The molecule has 2 heterocycles. The van der Waals surface area contributed by atoms with Crippen molar-refractivity contribution in [1.29, 1.82) is 0 Å². The van der Waals surface area contributed by atoms with Crippen LogP contribution in [0, 0.1) is 6.92 Å². The highest BCUT2D eigenvalue weighted by atomic mass is 16.5. The first kappa shape index (κ1) is 22.3. The summed E-state index contributed by atoms with van der Waals surface area (Å²) in [6.07, 6.45) is 0. The van der Waals surface area contributed by atoms with Gasteiger partial charge >= 0.3 is 0 Å². The van der Waals surface area contributed by atoms with Gasteiger partial charge in [0.15, 0.2) is 18.0 Å². The predicted octanol–water partition coefficient (Wildman–Crippen LogP) is 3.47. The third-order valence-corrected chi connectivity index (χ3v) is 6.91. The van der Waals surface area contributed by atoms with E-state index in [-0.39, 0.29) is 22.7 Å². The number of aromatic nitrogens is 1. The summed E-state index contributed by atoms with van der Waals surface area (Å²) in [6.45, 7) is 6.35. The van der Waals surface area contributed by atoms with Gasteiger partial charge in [-0.05, 0) is 19.1 Å². The SMILES string of the molecule is COCCn1c(C)c(C2=C([O-])/C(=C3/C(C)=[N+](CCOC)c4ccccc43)C2=O)c2ccccc21. The monoisotopic (exact) mass is 456 g/mol. The summed E-state index contributed by atoms with van der Waals surface area (Å²) in [6, 6.07) is 15.8. The van der Waals surface area contributed by atoms with Gasteiger partial charge in [0.25, 0.3) is 0 Å². The van der Waals surface area contributed by atoms with Gasteiger partial charge in [0.1, 0.15) is 6.61 Å². The van der Waals surface area contributed by atoms with Crippen LogP contribution in [-0.4, -0.2) is 54.6 Å². The normalized spacial score (nSPS) is 17.7. The lowest BCUT2D eigenvalue weighted by atomic mass is 9.78. The van der Waals surface area contributed by atoms with Gasteiger partial charge in [0.05, 0.1) is 17.7 Å². The minimum Gasteiger partial charge on any atom is -0.871 e. The number of rotatable bonds is 7. The van der Waals surface area contributed by atoms with Crippen LogP contribution in [0.3, 0.4) is 0 Å². The molecule has 0 fully saturated rings. The van der Waals surface area contributed by atoms with Crippen molar-refractivity contribution in [1.82, 2.24) is 4.57 Å². The number of ether oxygens (including phenoxy) is 2. The zero-order valence-corrected chi connectivity index (χ0v) is 20.0. The summed E-state index contributed by atoms with van der Waals surface area (Å²) in [7, 11) is 3.34. The van der Waals surface area contributed by atoms with E-state index in [0.29, 0.717) is 26.3 Å². The van der Waals surface area contributed by atoms with Gasteiger partial charge in [-0.1, -0.05) is 36.1 Å². The standard InChI is InChI=1S/C28H28N2O4/c1-17-23(19-9-5-7-11-21(19)29(17)13-15-33-3)25-27(31)26(28(25)32)24-18(2)30(14-16-34-4)22-12-8-6-10-20(22)24/h5-12H,13-16H2,1-4H3. The molecule has 0 saturated carbocycles. The van der Waals surface area contributed by atoms with Gasteiger partial charge in [-0.25, -0.2) is 0 Å². The highest BCUT2D eigenvalue weighted by molar-refractivity contribution is 6.46. The molecule has 0 amide bonds. The molecule has 0 bridgehead atoms. The molecule has 1 aliphatic heterocycles. The molecule has 0 atom stereocenters. The van der Waals surface area contributed by atoms with Gasteiger partial charge in [-0.15, -0.1) is 0 Å². The Morgan fingerprint density at radius 1 is 0.912 bits per heavy atom. The maximum absolute atomic E-state index is 13.6. The Kier molecular flexibility index (Phi) is 5.71. The van der Waals surface area contributed by atoms with Crippen LogP contribution in [0.1, 0.15) is 23.7 Å². The largest absolute Gasteiger partial charge is 0.871 e. The van der Waals surface area contributed by atoms with Crippen molar-refractivity contribution in [2.24, 2.45) is 0 Å². The first-order valence-electron chi connectivity index (χ1n) is 11.5. The summed E-state index contributed by atoms with van der Waals surface area (Å²) in [5.74, 6) is -0.360. The minimum absolute atomic E-state index is 0.180. The van der Waals surface area contributed by atoms with Crippen molar-refractivity contribution in [3.05, 3.63) is 76.7 Å². The topological polar surface area (TPSA) is 66.5 Å². The summed E-state index contributed by atoms with van der Waals surface area (Å²) in [5.41, 5.74) is 6.80. The summed E-state index contributed by atoms with van der Waals surface area (Å²) in [4.78, 5) is 13.6. The number of hydrogen-bond acceptors (Lipinski definition) is 4. The smallest absolute Gasteiger partial charge is 0.213 e. The number of methoxy groups -OCH3 is 2. The fourth-order valence-electron chi connectivity index (χ4n) is 5.28. The third-order valence-electron chi connectivity index (χ3n) is 6.91. The zero-order chi connectivity index (χ0) is 24.0. The second-order valence-corrected chi connectivity index (χ2v) is 8.65. The van der Waals surface area contributed by atoms with Crippen molar-refractivity contribution in [3.8, 4) is 0 Å². The van der Waals surface area contributed by atoms with Crippen LogP contribution in [0.25, 0.3) is 22.0 Å². The van der Waals surface area contributed by atoms with Crippen molar-refractivity contribution in [2.75, 3.05) is 34.0 Å². The Labute approximate surface area is 199 Å². The van der Waals surface area contributed by atoms with E-state index < -0.39 is 0 Å². The number of nitrogens with zero attached hydrogens (tertiary/aromatic N) is 2. The fourth-order valence-corrected chi connectivity index (χ4v) is 5.28. The van der Waals surface area contributed by atoms with Crippen LogP contribution in [0.2, 0.25) is 0 Å². The number of fused-ring (bicyclic) bond motifs is 2. The molecular weight excluding hydrogens is 428 g/mol. The lowest BCUT2D eigenvalue weighted by molar-refractivity contribution is -0.441. The summed E-state index contributed by atoms with van der Waals surface area (Å²) >= 11 is 0. The van der Waals surface area contributed by atoms with Gasteiger partial charge in [0.2, 0.25) is 5.69 Å². The number of para-hydroxylation sites is 2. The number of carbonyl (C=O) groups is 1. The second-order valence-electron chi connectivity index (χ2n) is 8.65. The number of Topliss-reactive ketones (excluding diaryl/α,β-unsaturated/α-hetero) is 1. The van der Waals surface area contributed by atoms with Crippen LogP contribution >= 0.6 is 0 Å². The number of hydrogen-bond donors (Lipinski definition) is 0. The molecule has 3 aromatic rings. The number of carbonyl (C=O) groups excluding carboxylic acids is 1. The van der Waals surface area contributed by atoms with Gasteiger partial charge in [0, 0.05) is 67.1 Å². The lowest BCUT2D eigenvalue weighted by Gasteiger charge is -2.32. The predicted molar refractivity (Wildman–Crippen MR) is 131 cm³/mol. The van der Waals surface area contributed by atoms with Crippen LogP contribution in [0.15, 0.2) is 59.9 Å². The molecule has 0 unspecified atom stereocenters. The molecule has 0 spiro atoms. The lowest BCUT2D eigenvalue weighted by Crippen LogP contribution is -2.31. The maximum Gasteiger partial charge on any atom is 0.213 e. The van der Waals surface area contributed by atoms with Gasteiger partial charge in [-0.3, -0.25) is 4.79 Å². The second kappa shape index (κ2) is 8.70. The molecule has 1 aromatic heterocycles. The first-order valence-corrected chi connectivity index (χ1v) is 11.5. The molecule has 5 rings (SSSR count). The van der Waals surface area contributed by atoms with Gasteiger partial charge < -0.3 is 19.1 Å². The Balaban J connectivity index is 1.70. The van der Waals surface area contributed by atoms with E-state index in [0.717, 1.165) is 44.7 Å².